The Morgan fingerprint density at radius 2 is 2.12 bits per heavy atom. The van der Waals surface area contributed by atoms with Crippen LogP contribution in [0, 0.1) is 0 Å². The van der Waals surface area contributed by atoms with Crippen LogP contribution >= 0.6 is 0 Å². The minimum atomic E-state index is -0.0892. The fourth-order valence-corrected chi connectivity index (χ4v) is 4.21. The van der Waals surface area contributed by atoms with Crippen molar-refractivity contribution in [3.63, 3.8) is 0 Å². The molecule has 0 aromatic carbocycles. The minimum absolute atomic E-state index is 0.0706. The lowest BCUT2D eigenvalue weighted by atomic mass is 9.97. The molecule has 3 amide bonds. The van der Waals surface area contributed by atoms with Crippen LogP contribution in [0.1, 0.15) is 51.9 Å². The van der Waals surface area contributed by atoms with Crippen LogP contribution in [0.5, 0.6) is 0 Å². The van der Waals surface area contributed by atoms with Crippen molar-refractivity contribution >= 4 is 11.9 Å². The number of rotatable bonds is 6. The number of hydrogen-bond acceptors (Lipinski definition) is 3. The van der Waals surface area contributed by atoms with Crippen LogP contribution < -0.4 is 10.6 Å². The van der Waals surface area contributed by atoms with Crippen molar-refractivity contribution < 1.29 is 9.59 Å². The standard InChI is InChI=1S/C19H32N4O2/c1-15(18(24)20-10-7-16-5-3-2-4-6-16)22-12-8-17(9-13-22)23-14-11-21-19(23)25/h5,15,17H,2-4,6-14H2,1H3,(H,20,24)(H,21,25)/t15-/m1/s1. The molecule has 0 saturated carbocycles. The summed E-state index contributed by atoms with van der Waals surface area (Å²) >= 11 is 0. The highest BCUT2D eigenvalue weighted by atomic mass is 16.2. The average Bonchev–Trinajstić information content (AvgIpc) is 3.08. The number of likely N-dealkylation sites (tertiary alicyclic amines) is 1. The Morgan fingerprint density at radius 3 is 2.76 bits per heavy atom. The number of piperidine rings is 1. The van der Waals surface area contributed by atoms with Crippen molar-refractivity contribution in [1.29, 1.82) is 0 Å². The van der Waals surface area contributed by atoms with E-state index in [0.717, 1.165) is 52.0 Å². The van der Waals surface area contributed by atoms with Gasteiger partial charge in [0.2, 0.25) is 5.91 Å². The molecular formula is C19H32N4O2. The summed E-state index contributed by atoms with van der Waals surface area (Å²) in [4.78, 5) is 28.4. The molecule has 0 aromatic rings. The van der Waals surface area contributed by atoms with Crippen LogP contribution in [0.3, 0.4) is 0 Å². The van der Waals surface area contributed by atoms with E-state index in [2.05, 4.69) is 21.6 Å². The zero-order chi connectivity index (χ0) is 17.6. The molecule has 3 aliphatic rings. The zero-order valence-electron chi connectivity index (χ0n) is 15.4. The van der Waals surface area contributed by atoms with Gasteiger partial charge in [0.25, 0.3) is 0 Å². The van der Waals surface area contributed by atoms with E-state index in [1.807, 2.05) is 11.8 Å². The molecule has 2 heterocycles. The Morgan fingerprint density at radius 1 is 1.32 bits per heavy atom. The maximum absolute atomic E-state index is 12.4. The third-order valence-corrected chi connectivity index (χ3v) is 5.89. The van der Waals surface area contributed by atoms with Gasteiger partial charge >= 0.3 is 6.03 Å². The Kier molecular flexibility index (Phi) is 6.34. The normalized spacial score (nSPS) is 24.0. The van der Waals surface area contributed by atoms with Crippen molar-refractivity contribution in [3.05, 3.63) is 11.6 Å². The fourth-order valence-electron chi connectivity index (χ4n) is 4.21. The third kappa shape index (κ3) is 4.75. The number of amides is 3. The van der Waals surface area contributed by atoms with Crippen molar-refractivity contribution in [3.8, 4) is 0 Å². The van der Waals surface area contributed by atoms with Gasteiger partial charge in [-0.25, -0.2) is 4.79 Å². The average molecular weight is 348 g/mol. The zero-order valence-corrected chi connectivity index (χ0v) is 15.4. The molecule has 1 aliphatic carbocycles. The van der Waals surface area contributed by atoms with Gasteiger partial charge < -0.3 is 15.5 Å². The molecular weight excluding hydrogens is 316 g/mol. The highest BCUT2D eigenvalue weighted by Crippen LogP contribution is 2.21. The first kappa shape index (κ1) is 18.2. The molecule has 0 bridgehead atoms. The molecule has 0 spiro atoms. The predicted octanol–water partition coefficient (Wildman–Crippen LogP) is 1.87. The van der Waals surface area contributed by atoms with Gasteiger partial charge in [-0.1, -0.05) is 11.6 Å². The van der Waals surface area contributed by atoms with E-state index < -0.39 is 0 Å². The van der Waals surface area contributed by atoms with Crippen LogP contribution in [0.2, 0.25) is 0 Å². The van der Waals surface area contributed by atoms with E-state index in [1.54, 1.807) is 0 Å². The van der Waals surface area contributed by atoms with E-state index in [0.29, 0.717) is 6.04 Å². The van der Waals surface area contributed by atoms with Crippen LogP contribution in [0.25, 0.3) is 0 Å². The number of nitrogens with one attached hydrogen (secondary N) is 2. The molecule has 140 valence electrons. The highest BCUT2D eigenvalue weighted by Gasteiger charge is 2.33. The lowest BCUT2D eigenvalue weighted by Gasteiger charge is -2.38. The first-order valence-corrected chi connectivity index (χ1v) is 9.89. The summed E-state index contributed by atoms with van der Waals surface area (Å²) in [6.45, 7) is 6.09. The molecule has 6 nitrogen and oxygen atoms in total. The topological polar surface area (TPSA) is 64.7 Å². The minimum Gasteiger partial charge on any atom is -0.354 e. The number of nitrogens with zero attached hydrogens (tertiary/aromatic N) is 2. The summed E-state index contributed by atoms with van der Waals surface area (Å²) in [5.41, 5.74) is 1.50. The second-order valence-electron chi connectivity index (χ2n) is 7.52. The van der Waals surface area contributed by atoms with Gasteiger partial charge in [0.1, 0.15) is 0 Å². The number of hydrogen-bond donors (Lipinski definition) is 2. The molecule has 0 radical (unpaired) electrons. The first-order chi connectivity index (χ1) is 12.1. The van der Waals surface area contributed by atoms with Gasteiger partial charge in [-0.05, 0) is 51.9 Å². The number of allylic oxidation sites excluding steroid dienone is 1. The molecule has 3 rings (SSSR count). The molecule has 2 N–H and O–H groups in total. The number of urea groups is 1. The second-order valence-corrected chi connectivity index (χ2v) is 7.52. The molecule has 2 fully saturated rings. The molecule has 0 unspecified atom stereocenters. The van der Waals surface area contributed by atoms with E-state index in [9.17, 15) is 9.59 Å². The molecule has 25 heavy (non-hydrogen) atoms. The van der Waals surface area contributed by atoms with Gasteiger partial charge in [-0.2, -0.15) is 0 Å². The van der Waals surface area contributed by atoms with Crippen LogP contribution in [0.15, 0.2) is 11.6 Å². The summed E-state index contributed by atoms with van der Waals surface area (Å²) in [6.07, 6.45) is 10.2. The van der Waals surface area contributed by atoms with Crippen LogP contribution in [-0.2, 0) is 4.79 Å². The maximum Gasteiger partial charge on any atom is 0.317 e. The Balaban J connectivity index is 1.37. The summed E-state index contributed by atoms with van der Waals surface area (Å²) in [6, 6.07) is 0.308. The van der Waals surface area contributed by atoms with E-state index in [1.165, 1.54) is 31.3 Å². The quantitative estimate of drug-likeness (QED) is 0.720. The molecule has 2 saturated heterocycles. The second kappa shape index (κ2) is 8.70. The van der Waals surface area contributed by atoms with Crippen molar-refractivity contribution in [2.24, 2.45) is 0 Å². The number of carbonyl (C=O) groups is 2. The summed E-state index contributed by atoms with van der Waals surface area (Å²) in [7, 11) is 0. The molecule has 1 atom stereocenters. The smallest absolute Gasteiger partial charge is 0.317 e. The number of carbonyl (C=O) groups excluding carboxylic acids is 2. The largest absolute Gasteiger partial charge is 0.354 e. The van der Waals surface area contributed by atoms with Gasteiger partial charge in [-0.3, -0.25) is 9.69 Å². The molecule has 0 aromatic heterocycles. The third-order valence-electron chi connectivity index (χ3n) is 5.89. The maximum atomic E-state index is 12.4. The molecule has 2 aliphatic heterocycles. The monoisotopic (exact) mass is 348 g/mol. The van der Waals surface area contributed by atoms with Gasteiger partial charge in [-0.15, -0.1) is 0 Å². The summed E-state index contributed by atoms with van der Waals surface area (Å²) < 4.78 is 0. The fraction of sp³-hybridized carbons (Fsp3) is 0.789. The van der Waals surface area contributed by atoms with Gasteiger partial charge in [0.05, 0.1) is 6.04 Å². The van der Waals surface area contributed by atoms with E-state index in [4.69, 9.17) is 0 Å². The summed E-state index contributed by atoms with van der Waals surface area (Å²) in [5.74, 6) is 0.133. The van der Waals surface area contributed by atoms with Crippen molar-refractivity contribution in [2.45, 2.75) is 64.0 Å². The Labute approximate surface area is 151 Å². The van der Waals surface area contributed by atoms with Crippen molar-refractivity contribution in [1.82, 2.24) is 20.4 Å². The highest BCUT2D eigenvalue weighted by molar-refractivity contribution is 5.81. The van der Waals surface area contributed by atoms with Gasteiger partial charge in [0, 0.05) is 38.8 Å². The van der Waals surface area contributed by atoms with E-state index >= 15 is 0 Å². The predicted molar refractivity (Wildman–Crippen MR) is 98.3 cm³/mol. The first-order valence-electron chi connectivity index (χ1n) is 9.89. The SMILES string of the molecule is C[C@H](C(=O)NCCC1=CCCCC1)N1CCC(N2CCNC2=O)CC1. The van der Waals surface area contributed by atoms with Gasteiger partial charge in [0.15, 0.2) is 0 Å². The van der Waals surface area contributed by atoms with Crippen molar-refractivity contribution in [2.75, 3.05) is 32.7 Å². The lowest BCUT2D eigenvalue weighted by Crippen LogP contribution is -2.52. The summed E-state index contributed by atoms with van der Waals surface area (Å²) in [5, 5.41) is 5.98. The Hall–Kier alpha value is -1.56. The van der Waals surface area contributed by atoms with Crippen LogP contribution in [0.4, 0.5) is 4.79 Å². The molecule has 6 heteroatoms. The van der Waals surface area contributed by atoms with E-state index in [-0.39, 0.29) is 18.0 Å². The van der Waals surface area contributed by atoms with Crippen LogP contribution in [-0.4, -0.2) is 66.5 Å². The lowest BCUT2D eigenvalue weighted by molar-refractivity contribution is -0.126. The Bertz CT molecular complexity index is 512.